The predicted molar refractivity (Wildman–Crippen MR) is 99.2 cm³/mol. The topological polar surface area (TPSA) is 83.8 Å². The standard InChI is InChI=1S/C18H20N6O/c1-13-4-3-5-14(10-13)22-18-16-11-15(23-24-21-8-9-25-2)6-7-17(16)19-12-20-18/h3-7,10-12H,8-9H2,1-2H3,(H,21,23)(H,19,20,22). The molecule has 2 aromatic carbocycles. The first kappa shape index (κ1) is 16.8. The fourth-order valence-corrected chi connectivity index (χ4v) is 2.36. The summed E-state index contributed by atoms with van der Waals surface area (Å²) in [5.74, 6) is 0.746. The second-order valence-corrected chi connectivity index (χ2v) is 5.52. The van der Waals surface area contributed by atoms with Gasteiger partial charge in [-0.25, -0.2) is 9.97 Å². The number of aryl methyl sites for hydroxylation is 1. The average Bonchev–Trinajstić information content (AvgIpc) is 2.62. The van der Waals surface area contributed by atoms with E-state index in [-0.39, 0.29) is 0 Å². The molecule has 1 heterocycles. The summed E-state index contributed by atoms with van der Waals surface area (Å²) in [7, 11) is 1.63. The second-order valence-electron chi connectivity index (χ2n) is 5.52. The lowest BCUT2D eigenvalue weighted by atomic mass is 10.2. The smallest absolute Gasteiger partial charge is 0.141 e. The van der Waals surface area contributed by atoms with Crippen LogP contribution in [0, 0.1) is 6.92 Å². The highest BCUT2D eigenvalue weighted by atomic mass is 16.5. The highest BCUT2D eigenvalue weighted by Gasteiger charge is 2.05. The van der Waals surface area contributed by atoms with Gasteiger partial charge < -0.3 is 10.1 Å². The van der Waals surface area contributed by atoms with E-state index in [1.54, 1.807) is 13.4 Å². The Labute approximate surface area is 146 Å². The molecule has 0 fully saturated rings. The van der Waals surface area contributed by atoms with Gasteiger partial charge in [-0.2, -0.15) is 5.11 Å². The molecule has 0 saturated carbocycles. The van der Waals surface area contributed by atoms with Gasteiger partial charge in [-0.3, -0.25) is 5.43 Å². The maximum atomic E-state index is 4.93. The number of hydrogen-bond donors (Lipinski definition) is 2. The molecule has 25 heavy (non-hydrogen) atoms. The number of nitrogens with one attached hydrogen (secondary N) is 2. The molecule has 0 radical (unpaired) electrons. The third kappa shape index (κ3) is 4.48. The number of rotatable bonds is 7. The number of benzene rings is 2. The molecule has 0 unspecified atom stereocenters. The molecule has 7 heteroatoms. The van der Waals surface area contributed by atoms with Crippen molar-refractivity contribution in [3.63, 3.8) is 0 Å². The van der Waals surface area contributed by atoms with Crippen molar-refractivity contribution in [2.75, 3.05) is 31.0 Å². The van der Waals surface area contributed by atoms with E-state index in [4.69, 9.17) is 4.74 Å². The van der Waals surface area contributed by atoms with Crippen molar-refractivity contribution in [3.8, 4) is 0 Å². The second kappa shape index (κ2) is 8.16. The van der Waals surface area contributed by atoms with Crippen LogP contribution in [0.15, 0.2) is 59.1 Å². The quantitative estimate of drug-likeness (QED) is 0.385. The summed E-state index contributed by atoms with van der Waals surface area (Å²) in [5.41, 5.74) is 6.75. The van der Waals surface area contributed by atoms with Crippen LogP contribution < -0.4 is 10.7 Å². The maximum absolute atomic E-state index is 4.93. The lowest BCUT2D eigenvalue weighted by molar-refractivity contribution is 0.206. The lowest BCUT2D eigenvalue weighted by Crippen LogP contribution is -1.97. The Balaban J connectivity index is 1.83. The molecule has 128 valence electrons. The van der Waals surface area contributed by atoms with Gasteiger partial charge in [0.05, 0.1) is 24.4 Å². The molecule has 2 N–H and O–H groups in total. The van der Waals surface area contributed by atoms with Gasteiger partial charge in [-0.15, -0.1) is 0 Å². The lowest BCUT2D eigenvalue weighted by Gasteiger charge is -2.10. The third-order valence-electron chi connectivity index (χ3n) is 3.56. The number of fused-ring (bicyclic) bond motifs is 1. The molecule has 0 spiro atoms. The number of nitrogens with zero attached hydrogens (tertiary/aromatic N) is 4. The van der Waals surface area contributed by atoms with Crippen LogP contribution in [0.1, 0.15) is 5.56 Å². The Hall–Kier alpha value is -3.06. The minimum absolute atomic E-state index is 0.514. The van der Waals surface area contributed by atoms with Gasteiger partial charge in [-0.1, -0.05) is 17.4 Å². The Morgan fingerprint density at radius 1 is 1.08 bits per heavy atom. The van der Waals surface area contributed by atoms with E-state index in [1.807, 2.05) is 30.3 Å². The van der Waals surface area contributed by atoms with E-state index in [9.17, 15) is 0 Å². The number of methoxy groups -OCH3 is 1. The Kier molecular flexibility index (Phi) is 5.48. The van der Waals surface area contributed by atoms with E-state index in [0.29, 0.717) is 13.2 Å². The fourth-order valence-electron chi connectivity index (χ4n) is 2.36. The molecule has 0 bridgehead atoms. The van der Waals surface area contributed by atoms with Crippen LogP contribution in [0.4, 0.5) is 17.2 Å². The highest BCUT2D eigenvalue weighted by Crippen LogP contribution is 2.26. The molecule has 0 saturated heterocycles. The van der Waals surface area contributed by atoms with Crippen LogP contribution in [-0.2, 0) is 4.74 Å². The van der Waals surface area contributed by atoms with Gasteiger partial charge in [0.15, 0.2) is 0 Å². The van der Waals surface area contributed by atoms with Crippen LogP contribution in [-0.4, -0.2) is 30.2 Å². The molecule has 3 rings (SSSR count). The molecule has 0 aliphatic heterocycles. The van der Waals surface area contributed by atoms with Crippen LogP contribution >= 0.6 is 0 Å². The summed E-state index contributed by atoms with van der Waals surface area (Å²) in [6, 6.07) is 13.9. The summed E-state index contributed by atoms with van der Waals surface area (Å²) >= 11 is 0. The minimum atomic E-state index is 0.514. The molecule has 0 aliphatic carbocycles. The number of aromatic nitrogens is 2. The van der Waals surface area contributed by atoms with Crippen molar-refractivity contribution in [1.82, 2.24) is 9.97 Å². The minimum Gasteiger partial charge on any atom is -0.383 e. The molecule has 0 amide bonds. The summed E-state index contributed by atoms with van der Waals surface area (Å²) in [5, 5.41) is 12.2. The van der Waals surface area contributed by atoms with E-state index < -0.39 is 0 Å². The molecule has 1 aromatic heterocycles. The zero-order valence-corrected chi connectivity index (χ0v) is 14.2. The van der Waals surface area contributed by atoms with Crippen molar-refractivity contribution >= 4 is 28.1 Å². The van der Waals surface area contributed by atoms with Gasteiger partial charge in [0.25, 0.3) is 0 Å². The van der Waals surface area contributed by atoms with Gasteiger partial charge in [0.1, 0.15) is 12.1 Å². The third-order valence-corrected chi connectivity index (χ3v) is 3.56. The zero-order chi connectivity index (χ0) is 17.5. The monoisotopic (exact) mass is 336 g/mol. The van der Waals surface area contributed by atoms with Crippen LogP contribution in [0.2, 0.25) is 0 Å². The van der Waals surface area contributed by atoms with Gasteiger partial charge in [-0.05, 0) is 42.8 Å². The van der Waals surface area contributed by atoms with Gasteiger partial charge in [0, 0.05) is 18.2 Å². The first-order valence-corrected chi connectivity index (χ1v) is 7.96. The van der Waals surface area contributed by atoms with E-state index >= 15 is 0 Å². The van der Waals surface area contributed by atoms with E-state index in [2.05, 4.69) is 50.1 Å². The number of hydrogen-bond acceptors (Lipinski definition) is 6. The van der Waals surface area contributed by atoms with Crippen molar-refractivity contribution in [2.24, 2.45) is 10.3 Å². The van der Waals surface area contributed by atoms with Gasteiger partial charge in [0.2, 0.25) is 0 Å². The molecule has 0 atom stereocenters. The van der Waals surface area contributed by atoms with Crippen molar-refractivity contribution in [1.29, 1.82) is 0 Å². The SMILES string of the molecule is COCCN=NNc1ccc2ncnc(Nc3cccc(C)c3)c2c1. The largest absolute Gasteiger partial charge is 0.383 e. The fraction of sp³-hybridized carbons (Fsp3) is 0.222. The molecular formula is C18H20N6O. The van der Waals surface area contributed by atoms with Crippen molar-refractivity contribution < 1.29 is 4.74 Å². The van der Waals surface area contributed by atoms with Crippen LogP contribution in [0.3, 0.4) is 0 Å². The maximum Gasteiger partial charge on any atom is 0.141 e. The average molecular weight is 336 g/mol. The zero-order valence-electron chi connectivity index (χ0n) is 14.2. The van der Waals surface area contributed by atoms with Gasteiger partial charge >= 0.3 is 0 Å². The van der Waals surface area contributed by atoms with Crippen LogP contribution in [0.25, 0.3) is 10.9 Å². The first-order valence-electron chi connectivity index (χ1n) is 7.96. The molecule has 0 aliphatic rings. The van der Waals surface area contributed by atoms with E-state index in [0.717, 1.165) is 28.1 Å². The Bertz CT molecular complexity index is 880. The summed E-state index contributed by atoms with van der Waals surface area (Å²) < 4.78 is 4.93. The normalized spacial score (nSPS) is 11.1. The van der Waals surface area contributed by atoms with Crippen LogP contribution in [0.5, 0.6) is 0 Å². The molecule has 3 aromatic rings. The first-order chi connectivity index (χ1) is 12.3. The summed E-state index contributed by atoms with van der Waals surface area (Å²) in [6.07, 6.45) is 1.55. The van der Waals surface area contributed by atoms with Crippen molar-refractivity contribution in [3.05, 3.63) is 54.4 Å². The van der Waals surface area contributed by atoms with E-state index in [1.165, 1.54) is 5.56 Å². The highest BCUT2D eigenvalue weighted by molar-refractivity contribution is 5.92. The predicted octanol–water partition coefficient (Wildman–Crippen LogP) is 4.11. The summed E-state index contributed by atoms with van der Waals surface area (Å²) in [4.78, 5) is 8.69. The molecular weight excluding hydrogens is 316 g/mol. The number of ether oxygens (including phenoxy) is 1. The Morgan fingerprint density at radius 3 is 2.84 bits per heavy atom. The Morgan fingerprint density at radius 2 is 2.00 bits per heavy atom. The number of anilines is 3. The molecule has 7 nitrogen and oxygen atoms in total. The van der Waals surface area contributed by atoms with Crippen molar-refractivity contribution in [2.45, 2.75) is 6.92 Å². The summed E-state index contributed by atoms with van der Waals surface area (Å²) in [6.45, 7) is 3.11.